The Labute approximate surface area is 107 Å². The molecular weight excluding hydrogens is 230 g/mol. The van der Waals surface area contributed by atoms with Gasteiger partial charge in [0, 0.05) is 25.7 Å². The van der Waals surface area contributed by atoms with Gasteiger partial charge in [0.05, 0.1) is 12.8 Å². The van der Waals surface area contributed by atoms with E-state index in [0.717, 1.165) is 25.3 Å². The summed E-state index contributed by atoms with van der Waals surface area (Å²) in [6, 6.07) is 5.64. The van der Waals surface area contributed by atoms with Crippen LogP contribution in [0.5, 0.6) is 0 Å². The van der Waals surface area contributed by atoms with Crippen molar-refractivity contribution in [2.75, 3.05) is 20.2 Å². The molecule has 98 valence electrons. The fourth-order valence-electron chi connectivity index (χ4n) is 2.24. The molecule has 0 saturated carbocycles. The summed E-state index contributed by atoms with van der Waals surface area (Å²) >= 11 is 0. The number of rotatable bonds is 3. The molecule has 5 nitrogen and oxygen atoms in total. The summed E-state index contributed by atoms with van der Waals surface area (Å²) in [6.45, 7) is 4.74. The zero-order valence-electron chi connectivity index (χ0n) is 10.8. The van der Waals surface area contributed by atoms with Crippen LogP contribution in [0.2, 0.25) is 0 Å². The molecule has 2 unspecified atom stereocenters. The summed E-state index contributed by atoms with van der Waals surface area (Å²) in [5.74, 6) is 0.108. The molecule has 0 radical (unpaired) electrons. The number of carbonyl (C=O) groups excluding carboxylic acids is 1. The lowest BCUT2D eigenvalue weighted by Gasteiger charge is -2.14. The third kappa shape index (κ3) is 2.86. The first-order chi connectivity index (χ1) is 8.60. The van der Waals surface area contributed by atoms with Gasteiger partial charge in [-0.05, 0) is 18.1 Å². The van der Waals surface area contributed by atoms with Gasteiger partial charge in [-0.15, -0.1) is 0 Å². The number of nitrogens with zero attached hydrogens (tertiary/aromatic N) is 2. The minimum Gasteiger partial charge on any atom is -0.464 e. The second kappa shape index (κ2) is 5.46. The van der Waals surface area contributed by atoms with E-state index < -0.39 is 5.97 Å². The largest absolute Gasteiger partial charge is 0.464 e. The molecule has 5 heteroatoms. The summed E-state index contributed by atoms with van der Waals surface area (Å²) in [6.07, 6.45) is 0. The third-order valence-electron chi connectivity index (χ3n) is 3.33. The molecule has 0 spiro atoms. The fraction of sp³-hybridized carbons (Fsp3) is 0.538. The molecule has 0 bridgehead atoms. The Hall–Kier alpha value is -1.46. The van der Waals surface area contributed by atoms with Crippen molar-refractivity contribution in [1.29, 1.82) is 0 Å². The van der Waals surface area contributed by atoms with Gasteiger partial charge >= 0.3 is 5.97 Å². The van der Waals surface area contributed by atoms with Crippen molar-refractivity contribution in [3.05, 3.63) is 29.6 Å². The van der Waals surface area contributed by atoms with Crippen molar-refractivity contribution >= 4 is 5.97 Å². The van der Waals surface area contributed by atoms with E-state index in [4.69, 9.17) is 5.73 Å². The lowest BCUT2D eigenvalue weighted by Crippen LogP contribution is -2.28. The number of pyridine rings is 1. The minimum atomic E-state index is -0.400. The SMILES string of the molecule is COC(=O)c1cccc(CN2CC(C)C(N)C2)n1. The van der Waals surface area contributed by atoms with E-state index in [2.05, 4.69) is 21.5 Å². The highest BCUT2D eigenvalue weighted by Gasteiger charge is 2.26. The Bertz CT molecular complexity index is 426. The average Bonchev–Trinajstić information content (AvgIpc) is 2.67. The number of hydrogen-bond acceptors (Lipinski definition) is 5. The maximum atomic E-state index is 11.4. The fourth-order valence-corrected chi connectivity index (χ4v) is 2.24. The molecule has 2 N–H and O–H groups in total. The van der Waals surface area contributed by atoms with Crippen molar-refractivity contribution in [2.24, 2.45) is 11.7 Å². The van der Waals surface area contributed by atoms with Crippen molar-refractivity contribution in [1.82, 2.24) is 9.88 Å². The molecule has 1 aromatic rings. The smallest absolute Gasteiger partial charge is 0.356 e. The van der Waals surface area contributed by atoms with Crippen LogP contribution in [0.1, 0.15) is 23.1 Å². The van der Waals surface area contributed by atoms with Crippen LogP contribution in [0.25, 0.3) is 0 Å². The molecule has 0 aliphatic carbocycles. The molecule has 18 heavy (non-hydrogen) atoms. The number of methoxy groups -OCH3 is 1. The lowest BCUT2D eigenvalue weighted by atomic mass is 10.1. The van der Waals surface area contributed by atoms with Gasteiger partial charge in [-0.1, -0.05) is 13.0 Å². The molecule has 2 rings (SSSR count). The number of carbonyl (C=O) groups is 1. The zero-order valence-corrected chi connectivity index (χ0v) is 10.8. The number of esters is 1. The monoisotopic (exact) mass is 249 g/mol. The van der Waals surface area contributed by atoms with Crippen LogP contribution in [0.15, 0.2) is 18.2 Å². The lowest BCUT2D eigenvalue weighted by molar-refractivity contribution is 0.0593. The highest BCUT2D eigenvalue weighted by molar-refractivity contribution is 5.87. The molecule has 2 atom stereocenters. The van der Waals surface area contributed by atoms with Gasteiger partial charge in [0.15, 0.2) is 0 Å². The maximum absolute atomic E-state index is 11.4. The van der Waals surface area contributed by atoms with Crippen molar-refractivity contribution in [2.45, 2.75) is 19.5 Å². The first kappa shape index (κ1) is 13.0. The topological polar surface area (TPSA) is 68.5 Å². The molecule has 0 amide bonds. The quantitative estimate of drug-likeness (QED) is 0.796. The molecule has 1 fully saturated rings. The van der Waals surface area contributed by atoms with Crippen molar-refractivity contribution < 1.29 is 9.53 Å². The third-order valence-corrected chi connectivity index (χ3v) is 3.33. The summed E-state index contributed by atoms with van der Waals surface area (Å²) in [4.78, 5) is 18.0. The Morgan fingerprint density at radius 3 is 2.94 bits per heavy atom. The van der Waals surface area contributed by atoms with Gasteiger partial charge in [0.25, 0.3) is 0 Å². The van der Waals surface area contributed by atoms with Crippen LogP contribution < -0.4 is 5.73 Å². The summed E-state index contributed by atoms with van der Waals surface area (Å²) in [5.41, 5.74) is 7.21. The standard InChI is InChI=1S/C13H19N3O2/c1-9-6-16(8-11(9)14)7-10-4-3-5-12(15-10)13(17)18-2/h3-5,9,11H,6-8,14H2,1-2H3. The Kier molecular flexibility index (Phi) is 3.93. The average molecular weight is 249 g/mol. The maximum Gasteiger partial charge on any atom is 0.356 e. The van der Waals surface area contributed by atoms with E-state index in [1.807, 2.05) is 12.1 Å². The first-order valence-electron chi connectivity index (χ1n) is 6.12. The van der Waals surface area contributed by atoms with E-state index in [-0.39, 0.29) is 6.04 Å². The van der Waals surface area contributed by atoms with Gasteiger partial charge in [0.1, 0.15) is 5.69 Å². The van der Waals surface area contributed by atoms with E-state index in [1.165, 1.54) is 7.11 Å². The summed E-state index contributed by atoms with van der Waals surface area (Å²) in [5, 5.41) is 0. The summed E-state index contributed by atoms with van der Waals surface area (Å²) in [7, 11) is 1.36. The first-order valence-corrected chi connectivity index (χ1v) is 6.12. The van der Waals surface area contributed by atoms with Gasteiger partial charge < -0.3 is 10.5 Å². The van der Waals surface area contributed by atoms with Gasteiger partial charge in [-0.25, -0.2) is 9.78 Å². The molecule has 1 saturated heterocycles. The minimum absolute atomic E-state index is 0.230. The molecule has 2 heterocycles. The second-order valence-electron chi connectivity index (χ2n) is 4.84. The van der Waals surface area contributed by atoms with Gasteiger partial charge in [-0.3, -0.25) is 4.90 Å². The molecule has 1 aromatic heterocycles. The van der Waals surface area contributed by atoms with Crippen LogP contribution >= 0.6 is 0 Å². The van der Waals surface area contributed by atoms with Crippen LogP contribution in [0, 0.1) is 5.92 Å². The zero-order chi connectivity index (χ0) is 13.1. The predicted octanol–water partition coefficient (Wildman–Crippen LogP) is 0.647. The van der Waals surface area contributed by atoms with Crippen LogP contribution in [0.4, 0.5) is 0 Å². The van der Waals surface area contributed by atoms with Gasteiger partial charge in [-0.2, -0.15) is 0 Å². The van der Waals surface area contributed by atoms with Crippen molar-refractivity contribution in [3.8, 4) is 0 Å². The predicted molar refractivity (Wildman–Crippen MR) is 68.0 cm³/mol. The molecular formula is C13H19N3O2. The number of likely N-dealkylation sites (tertiary alicyclic amines) is 1. The Balaban J connectivity index is 2.04. The molecule has 1 aliphatic heterocycles. The number of aromatic nitrogens is 1. The number of nitrogens with two attached hydrogens (primary N) is 1. The molecule has 0 aromatic carbocycles. The van der Waals surface area contributed by atoms with E-state index in [1.54, 1.807) is 6.07 Å². The second-order valence-corrected chi connectivity index (χ2v) is 4.84. The van der Waals surface area contributed by atoms with Crippen LogP contribution in [-0.4, -0.2) is 42.1 Å². The van der Waals surface area contributed by atoms with Crippen LogP contribution in [0.3, 0.4) is 0 Å². The number of ether oxygens (including phenoxy) is 1. The van der Waals surface area contributed by atoms with E-state index >= 15 is 0 Å². The Morgan fingerprint density at radius 1 is 1.56 bits per heavy atom. The molecule has 1 aliphatic rings. The van der Waals surface area contributed by atoms with Crippen molar-refractivity contribution in [3.63, 3.8) is 0 Å². The highest BCUT2D eigenvalue weighted by atomic mass is 16.5. The van der Waals surface area contributed by atoms with E-state index in [9.17, 15) is 4.79 Å². The van der Waals surface area contributed by atoms with Gasteiger partial charge in [0.2, 0.25) is 0 Å². The Morgan fingerprint density at radius 2 is 2.33 bits per heavy atom. The van der Waals surface area contributed by atoms with E-state index in [0.29, 0.717) is 11.6 Å². The van der Waals surface area contributed by atoms with Crippen LogP contribution in [-0.2, 0) is 11.3 Å². The number of hydrogen-bond donors (Lipinski definition) is 1. The summed E-state index contributed by atoms with van der Waals surface area (Å²) < 4.78 is 4.66. The highest BCUT2D eigenvalue weighted by Crippen LogP contribution is 2.16. The normalized spacial score (nSPS) is 24.2.